The number of fused-ring (bicyclic) bond motifs is 10. The molecule has 0 saturated heterocycles. The van der Waals surface area contributed by atoms with Crippen LogP contribution in [0.5, 0.6) is 0 Å². The van der Waals surface area contributed by atoms with Gasteiger partial charge >= 0.3 is 0 Å². The van der Waals surface area contributed by atoms with Crippen molar-refractivity contribution < 1.29 is 4.42 Å². The molecule has 63 heavy (non-hydrogen) atoms. The number of hydrogen-bond acceptors (Lipinski definition) is 4. The van der Waals surface area contributed by atoms with Gasteiger partial charge in [-0.2, -0.15) is 0 Å². The molecule has 0 saturated carbocycles. The summed E-state index contributed by atoms with van der Waals surface area (Å²) in [5.41, 5.74) is 13.6. The Hall–Kier alpha value is -8.48. The molecule has 6 heteroatoms. The molecular weight excluding hydrogens is 771 g/mol. The largest absolute Gasteiger partial charge is 0.456 e. The number of hydrogen-bond donors (Lipinski definition) is 1. The lowest BCUT2D eigenvalue weighted by Crippen LogP contribution is -2.36. The lowest BCUT2D eigenvalue weighted by Gasteiger charge is -2.26. The minimum atomic E-state index is -0.481. The number of furan rings is 1. The first-order valence-electron chi connectivity index (χ1n) is 21.3. The fourth-order valence-electron chi connectivity index (χ4n) is 9.72. The molecule has 0 fully saturated rings. The summed E-state index contributed by atoms with van der Waals surface area (Å²) >= 11 is 0. The predicted molar refractivity (Wildman–Crippen MR) is 260 cm³/mol. The fourth-order valence-corrected chi connectivity index (χ4v) is 9.72. The van der Waals surface area contributed by atoms with Gasteiger partial charge in [0.15, 0.2) is 5.84 Å². The summed E-state index contributed by atoms with van der Waals surface area (Å²) in [4.78, 5) is 10.7. The molecule has 12 aromatic rings. The number of aliphatic imine (C=N–C) groups is 2. The third-order valence-corrected chi connectivity index (χ3v) is 12.6. The Morgan fingerprint density at radius 3 is 1.70 bits per heavy atom. The summed E-state index contributed by atoms with van der Waals surface area (Å²) in [5, 5.41) is 10.6. The molecule has 9 aromatic carbocycles. The van der Waals surface area contributed by atoms with Crippen molar-refractivity contribution in [1.82, 2.24) is 14.5 Å². The number of benzene rings is 9. The van der Waals surface area contributed by atoms with Crippen LogP contribution in [0.25, 0.3) is 93.5 Å². The van der Waals surface area contributed by atoms with Crippen LogP contribution in [0.1, 0.15) is 17.4 Å². The molecule has 1 aliphatic rings. The Labute approximate surface area is 362 Å². The summed E-state index contributed by atoms with van der Waals surface area (Å²) in [6.45, 7) is 0. The molecule has 0 amide bonds. The smallest absolute Gasteiger partial charge is 0.204 e. The third kappa shape index (κ3) is 5.65. The van der Waals surface area contributed by atoms with Gasteiger partial charge in [-0.05, 0) is 82.9 Å². The highest BCUT2D eigenvalue weighted by Gasteiger charge is 2.26. The fraction of sp³-hybridized carbons (Fsp3) is 0.0175. The molecule has 0 bridgehead atoms. The number of aromatic nitrogens is 2. The molecule has 1 aliphatic heterocycles. The molecular formula is C57H37N5O. The van der Waals surface area contributed by atoms with Crippen molar-refractivity contribution in [2.45, 2.75) is 6.29 Å². The second-order valence-electron chi connectivity index (χ2n) is 16.2. The zero-order valence-corrected chi connectivity index (χ0v) is 34.0. The number of nitrogens with zero attached hydrogens (tertiary/aromatic N) is 4. The standard InChI is InChI=1S/C57H37N5O/c1-3-15-36(16-4-1)38-19-13-21-40(33-38)55-58-56(60-57(59-55)62-49-27-11-7-23-43(49)44-24-8-12-28-50(44)62)41-29-30-47-52(35-41)63-51-32-31-46-45-25-9-10-26-48(45)61(54(46)53(47)51)42-22-14-20-39(34-42)37-17-5-2-6-18-37/h1-35,57H,(H,58,59,60). The van der Waals surface area contributed by atoms with Gasteiger partial charge in [-0.3, -0.25) is 0 Å². The van der Waals surface area contributed by atoms with E-state index in [0.29, 0.717) is 5.84 Å². The van der Waals surface area contributed by atoms with Gasteiger partial charge in [-0.25, -0.2) is 9.98 Å². The lowest BCUT2D eigenvalue weighted by atomic mass is 10.0. The lowest BCUT2D eigenvalue weighted by molar-refractivity contribution is 0.515. The van der Waals surface area contributed by atoms with Gasteiger partial charge in [0.2, 0.25) is 6.29 Å². The highest BCUT2D eigenvalue weighted by molar-refractivity contribution is 6.25. The Kier molecular flexibility index (Phi) is 7.87. The highest BCUT2D eigenvalue weighted by Crippen LogP contribution is 2.42. The van der Waals surface area contributed by atoms with E-state index in [4.69, 9.17) is 14.4 Å². The van der Waals surface area contributed by atoms with Gasteiger partial charge < -0.3 is 18.9 Å². The third-order valence-electron chi connectivity index (χ3n) is 12.6. The van der Waals surface area contributed by atoms with Crippen LogP contribution >= 0.6 is 0 Å². The SMILES string of the molecule is c1ccc(-c2cccc(C3=NC(n4c5ccccc5c5ccccc54)NC(c4ccc5c(c4)oc4ccc6c7ccccc7n(-c7cccc(-c8ccccc8)c7)c6c45)=N3)c2)cc1. The van der Waals surface area contributed by atoms with Crippen LogP contribution in [-0.4, -0.2) is 20.8 Å². The maximum absolute atomic E-state index is 6.83. The van der Waals surface area contributed by atoms with Gasteiger partial charge in [0, 0.05) is 43.7 Å². The minimum absolute atomic E-state index is 0.481. The zero-order valence-electron chi connectivity index (χ0n) is 34.0. The summed E-state index contributed by atoms with van der Waals surface area (Å²) in [7, 11) is 0. The first-order chi connectivity index (χ1) is 31.2. The average molecular weight is 808 g/mol. The van der Waals surface area contributed by atoms with Gasteiger partial charge in [0.1, 0.15) is 17.0 Å². The molecule has 0 aliphatic carbocycles. The van der Waals surface area contributed by atoms with Crippen LogP contribution in [0.3, 0.4) is 0 Å². The quantitative estimate of drug-likeness (QED) is 0.182. The monoisotopic (exact) mass is 807 g/mol. The molecule has 1 atom stereocenters. The van der Waals surface area contributed by atoms with Crippen molar-refractivity contribution in [3.8, 4) is 27.9 Å². The van der Waals surface area contributed by atoms with Gasteiger partial charge in [-0.1, -0.05) is 152 Å². The molecule has 1 N–H and O–H groups in total. The first-order valence-corrected chi connectivity index (χ1v) is 21.3. The molecule has 296 valence electrons. The maximum atomic E-state index is 6.83. The van der Waals surface area contributed by atoms with Crippen LogP contribution in [0.4, 0.5) is 0 Å². The summed E-state index contributed by atoms with van der Waals surface area (Å²) in [6, 6.07) is 74.9. The van der Waals surface area contributed by atoms with Crippen LogP contribution in [0, 0.1) is 0 Å². The minimum Gasteiger partial charge on any atom is -0.456 e. The van der Waals surface area contributed by atoms with E-state index in [1.54, 1.807) is 0 Å². The summed E-state index contributed by atoms with van der Waals surface area (Å²) < 4.78 is 11.5. The van der Waals surface area contributed by atoms with Gasteiger partial charge in [0.25, 0.3) is 0 Å². The van der Waals surface area contributed by atoms with Crippen molar-refractivity contribution >= 4 is 77.2 Å². The molecule has 4 heterocycles. The molecule has 1 unspecified atom stereocenters. The molecule has 6 nitrogen and oxygen atoms in total. The zero-order chi connectivity index (χ0) is 41.4. The van der Waals surface area contributed by atoms with Crippen LogP contribution in [0.15, 0.2) is 227 Å². The average Bonchev–Trinajstić information content (AvgIpc) is 4.02. The van der Waals surface area contributed by atoms with Gasteiger partial charge in [-0.15, -0.1) is 0 Å². The highest BCUT2D eigenvalue weighted by atomic mass is 16.3. The molecule has 3 aromatic heterocycles. The first kappa shape index (κ1) is 35.3. The van der Waals surface area contributed by atoms with Crippen molar-refractivity contribution in [3.63, 3.8) is 0 Å². The van der Waals surface area contributed by atoms with Crippen molar-refractivity contribution in [2.24, 2.45) is 9.98 Å². The Balaban J connectivity index is 0.993. The van der Waals surface area contributed by atoms with E-state index in [2.05, 4.69) is 221 Å². The van der Waals surface area contributed by atoms with E-state index in [-0.39, 0.29) is 0 Å². The normalized spacial score (nSPS) is 14.2. The molecule has 0 spiro atoms. The van der Waals surface area contributed by atoms with Crippen LogP contribution < -0.4 is 5.32 Å². The second-order valence-corrected chi connectivity index (χ2v) is 16.2. The van der Waals surface area contributed by atoms with E-state index in [1.165, 1.54) is 32.7 Å². The van der Waals surface area contributed by atoms with Crippen LogP contribution in [0.2, 0.25) is 0 Å². The summed E-state index contributed by atoms with van der Waals surface area (Å²) in [5.74, 6) is 1.37. The van der Waals surface area contributed by atoms with Crippen molar-refractivity contribution in [2.75, 3.05) is 0 Å². The maximum Gasteiger partial charge on any atom is 0.204 e. The van der Waals surface area contributed by atoms with E-state index in [9.17, 15) is 0 Å². The topological polar surface area (TPSA) is 59.8 Å². The summed E-state index contributed by atoms with van der Waals surface area (Å²) in [6.07, 6.45) is -0.481. The Bertz CT molecular complexity index is 3780. The van der Waals surface area contributed by atoms with E-state index >= 15 is 0 Å². The number of para-hydroxylation sites is 3. The van der Waals surface area contributed by atoms with Crippen molar-refractivity contribution in [3.05, 3.63) is 223 Å². The Morgan fingerprint density at radius 1 is 0.413 bits per heavy atom. The van der Waals surface area contributed by atoms with E-state index < -0.39 is 6.29 Å². The Morgan fingerprint density at radius 2 is 0.984 bits per heavy atom. The van der Waals surface area contributed by atoms with Crippen molar-refractivity contribution in [1.29, 1.82) is 0 Å². The number of rotatable bonds is 6. The van der Waals surface area contributed by atoms with Gasteiger partial charge in [0.05, 0.1) is 27.5 Å². The predicted octanol–water partition coefficient (Wildman–Crippen LogP) is 14.1. The second kappa shape index (κ2) is 14.0. The number of nitrogens with one attached hydrogen (secondary N) is 1. The van der Waals surface area contributed by atoms with E-state index in [1.807, 2.05) is 6.07 Å². The molecule has 13 rings (SSSR count). The molecule has 0 radical (unpaired) electrons. The number of amidine groups is 2. The van der Waals surface area contributed by atoms with E-state index in [0.717, 1.165) is 77.8 Å². The van der Waals surface area contributed by atoms with Crippen LogP contribution in [-0.2, 0) is 0 Å².